The summed E-state index contributed by atoms with van der Waals surface area (Å²) in [6, 6.07) is 2.04. The van der Waals surface area contributed by atoms with Crippen LogP contribution in [-0.4, -0.2) is 17.6 Å². The Kier molecular flexibility index (Phi) is 3.17. The Morgan fingerprint density at radius 1 is 1.58 bits per heavy atom. The molecule has 0 aliphatic rings. The van der Waals surface area contributed by atoms with Gasteiger partial charge in [0.2, 0.25) is 6.08 Å². The van der Waals surface area contributed by atoms with Gasteiger partial charge in [-0.25, -0.2) is 9.79 Å². The fourth-order valence-corrected chi connectivity index (χ4v) is 0.985. The van der Waals surface area contributed by atoms with Crippen molar-refractivity contribution in [2.24, 2.45) is 4.99 Å². The summed E-state index contributed by atoms with van der Waals surface area (Å²) < 4.78 is 0. The van der Waals surface area contributed by atoms with Crippen LogP contribution in [0.4, 0.5) is 0 Å². The summed E-state index contributed by atoms with van der Waals surface area (Å²) in [6.45, 7) is 2.48. The van der Waals surface area contributed by atoms with Gasteiger partial charge in [0.15, 0.2) is 0 Å². The van der Waals surface area contributed by atoms with E-state index in [0.29, 0.717) is 6.54 Å². The first kappa shape index (κ1) is 8.62. The Bertz CT molecular complexity index is 303. The number of isocyanates is 1. The van der Waals surface area contributed by atoms with Crippen molar-refractivity contribution in [3.63, 3.8) is 0 Å². The molecule has 12 heavy (non-hydrogen) atoms. The normalized spacial score (nSPS) is 9.08. The van der Waals surface area contributed by atoms with Crippen molar-refractivity contribution >= 4 is 6.08 Å². The Morgan fingerprint density at radius 3 is 3.08 bits per heavy atom. The lowest BCUT2D eigenvalue weighted by atomic mass is 10.2. The maximum atomic E-state index is 9.75. The topological polar surface area (TPSA) is 42.3 Å². The average Bonchev–Trinajstić information content (AvgIpc) is 2.05. The first-order valence-corrected chi connectivity index (χ1v) is 3.77. The fourth-order valence-electron chi connectivity index (χ4n) is 0.985. The Labute approximate surface area is 71.2 Å². The maximum absolute atomic E-state index is 9.75. The number of aliphatic imine (C=N–C) groups is 1. The largest absolute Gasteiger partial charge is 0.264 e. The second-order valence-corrected chi connectivity index (χ2v) is 2.59. The van der Waals surface area contributed by atoms with Crippen molar-refractivity contribution in [2.45, 2.75) is 13.3 Å². The number of aryl methyl sites for hydroxylation is 1. The van der Waals surface area contributed by atoms with Crippen LogP contribution in [0.5, 0.6) is 0 Å². The van der Waals surface area contributed by atoms with Gasteiger partial charge in [-0.15, -0.1) is 0 Å². The summed E-state index contributed by atoms with van der Waals surface area (Å²) in [6.07, 6.45) is 5.84. The lowest BCUT2D eigenvalue weighted by Crippen LogP contribution is -1.90. The van der Waals surface area contributed by atoms with Gasteiger partial charge in [0, 0.05) is 12.4 Å². The third kappa shape index (κ3) is 2.64. The molecule has 0 aliphatic carbocycles. The standard InChI is InChI=1S/C9H10N2O/c1-8-4-9(6-11-5-8)2-3-10-7-12/h4-6H,2-3H2,1H3. The highest BCUT2D eigenvalue weighted by Crippen LogP contribution is 2.01. The van der Waals surface area contributed by atoms with Crippen LogP contribution in [0.25, 0.3) is 0 Å². The van der Waals surface area contributed by atoms with E-state index < -0.39 is 0 Å². The maximum Gasteiger partial charge on any atom is 0.234 e. The molecule has 0 saturated heterocycles. The molecule has 0 radical (unpaired) electrons. The van der Waals surface area contributed by atoms with Gasteiger partial charge in [-0.05, 0) is 24.5 Å². The summed E-state index contributed by atoms with van der Waals surface area (Å²) in [7, 11) is 0. The van der Waals surface area contributed by atoms with Gasteiger partial charge in [-0.2, -0.15) is 0 Å². The van der Waals surface area contributed by atoms with Crippen molar-refractivity contribution in [1.29, 1.82) is 0 Å². The molecule has 0 atom stereocenters. The van der Waals surface area contributed by atoms with Crippen LogP contribution in [0.3, 0.4) is 0 Å². The molecule has 0 spiro atoms. The fraction of sp³-hybridized carbons (Fsp3) is 0.333. The molecule has 0 fully saturated rings. The van der Waals surface area contributed by atoms with Crippen LogP contribution in [0, 0.1) is 6.92 Å². The molecule has 0 N–H and O–H groups in total. The second kappa shape index (κ2) is 4.42. The predicted molar refractivity (Wildman–Crippen MR) is 45.7 cm³/mol. The zero-order valence-electron chi connectivity index (χ0n) is 6.95. The Hall–Kier alpha value is -1.47. The van der Waals surface area contributed by atoms with Crippen molar-refractivity contribution in [2.75, 3.05) is 6.54 Å². The van der Waals surface area contributed by atoms with E-state index in [0.717, 1.165) is 17.5 Å². The summed E-state index contributed by atoms with van der Waals surface area (Å²) in [5.41, 5.74) is 2.23. The van der Waals surface area contributed by atoms with E-state index >= 15 is 0 Å². The van der Waals surface area contributed by atoms with Crippen LogP contribution >= 0.6 is 0 Å². The number of rotatable bonds is 3. The van der Waals surface area contributed by atoms with Gasteiger partial charge < -0.3 is 0 Å². The number of carbonyl (C=O) groups excluding carboxylic acids is 1. The van der Waals surface area contributed by atoms with Crippen molar-refractivity contribution in [1.82, 2.24) is 4.98 Å². The van der Waals surface area contributed by atoms with Crippen molar-refractivity contribution < 1.29 is 4.79 Å². The highest BCUT2D eigenvalue weighted by Gasteiger charge is 1.92. The van der Waals surface area contributed by atoms with E-state index in [9.17, 15) is 4.79 Å². The van der Waals surface area contributed by atoms with E-state index in [2.05, 4.69) is 9.98 Å². The minimum Gasteiger partial charge on any atom is -0.264 e. The van der Waals surface area contributed by atoms with Crippen LogP contribution < -0.4 is 0 Å². The molecule has 0 aliphatic heterocycles. The van der Waals surface area contributed by atoms with Gasteiger partial charge >= 0.3 is 0 Å². The molecule has 1 aromatic heterocycles. The minimum absolute atomic E-state index is 0.495. The van der Waals surface area contributed by atoms with Crippen molar-refractivity contribution in [3.05, 3.63) is 29.6 Å². The molecule has 3 nitrogen and oxygen atoms in total. The molecule has 1 rings (SSSR count). The lowest BCUT2D eigenvalue weighted by Gasteiger charge is -1.97. The zero-order chi connectivity index (χ0) is 8.81. The van der Waals surface area contributed by atoms with Gasteiger partial charge in [-0.1, -0.05) is 6.07 Å². The molecule has 0 bridgehead atoms. The summed E-state index contributed by atoms with van der Waals surface area (Å²) >= 11 is 0. The number of hydrogen-bond donors (Lipinski definition) is 0. The molecule has 0 amide bonds. The zero-order valence-corrected chi connectivity index (χ0v) is 6.95. The van der Waals surface area contributed by atoms with Gasteiger partial charge in [0.25, 0.3) is 0 Å². The van der Waals surface area contributed by atoms with Crippen LogP contribution in [0.2, 0.25) is 0 Å². The molecule has 0 aromatic carbocycles. The van der Waals surface area contributed by atoms with E-state index in [-0.39, 0.29) is 0 Å². The predicted octanol–water partition coefficient (Wildman–Crippen LogP) is 1.27. The SMILES string of the molecule is Cc1cncc(CCN=C=O)c1. The van der Waals surface area contributed by atoms with Crippen LogP contribution in [0.15, 0.2) is 23.5 Å². The molecule has 1 heterocycles. The Morgan fingerprint density at radius 2 is 2.42 bits per heavy atom. The molecular weight excluding hydrogens is 152 g/mol. The Balaban J connectivity index is 2.57. The van der Waals surface area contributed by atoms with Gasteiger partial charge in [0.1, 0.15) is 0 Å². The van der Waals surface area contributed by atoms with Crippen LogP contribution in [0.1, 0.15) is 11.1 Å². The highest BCUT2D eigenvalue weighted by atomic mass is 16.1. The number of aromatic nitrogens is 1. The first-order chi connectivity index (χ1) is 5.83. The summed E-state index contributed by atoms with van der Waals surface area (Å²) in [4.78, 5) is 17.2. The molecule has 3 heteroatoms. The first-order valence-electron chi connectivity index (χ1n) is 3.77. The summed E-state index contributed by atoms with van der Waals surface area (Å²) in [5.74, 6) is 0. The number of pyridine rings is 1. The molecule has 62 valence electrons. The third-order valence-corrected chi connectivity index (χ3v) is 1.51. The van der Waals surface area contributed by atoms with E-state index in [1.54, 1.807) is 12.4 Å². The molecular formula is C9H10N2O. The molecule has 1 aromatic rings. The van der Waals surface area contributed by atoms with E-state index in [4.69, 9.17) is 0 Å². The van der Waals surface area contributed by atoms with Crippen molar-refractivity contribution in [3.8, 4) is 0 Å². The molecule has 0 unspecified atom stereocenters. The number of nitrogens with zero attached hydrogens (tertiary/aromatic N) is 2. The monoisotopic (exact) mass is 162 g/mol. The van der Waals surface area contributed by atoms with E-state index in [1.807, 2.05) is 13.0 Å². The molecule has 0 saturated carbocycles. The quantitative estimate of drug-likeness (QED) is 0.496. The minimum atomic E-state index is 0.495. The highest BCUT2D eigenvalue weighted by molar-refractivity contribution is 5.33. The third-order valence-electron chi connectivity index (χ3n) is 1.51. The number of hydrogen-bond acceptors (Lipinski definition) is 3. The van der Waals surface area contributed by atoms with Gasteiger partial charge in [-0.3, -0.25) is 4.98 Å². The average molecular weight is 162 g/mol. The van der Waals surface area contributed by atoms with E-state index in [1.165, 1.54) is 6.08 Å². The lowest BCUT2D eigenvalue weighted by molar-refractivity contribution is 0.563. The smallest absolute Gasteiger partial charge is 0.234 e. The second-order valence-electron chi connectivity index (χ2n) is 2.59. The van der Waals surface area contributed by atoms with Gasteiger partial charge in [0.05, 0.1) is 6.54 Å². The summed E-state index contributed by atoms with van der Waals surface area (Å²) in [5, 5.41) is 0. The van der Waals surface area contributed by atoms with Crippen LogP contribution in [-0.2, 0) is 11.2 Å².